The first-order valence-corrected chi connectivity index (χ1v) is 6.25. The van der Waals surface area contributed by atoms with Gasteiger partial charge < -0.3 is 21.3 Å². The van der Waals surface area contributed by atoms with Crippen LogP contribution in [0, 0.1) is 0 Å². The molecule has 0 spiro atoms. The number of hydrogen-bond acceptors (Lipinski definition) is 5. The number of rotatable bonds is 7. The second kappa shape index (κ2) is 7.48. The van der Waals surface area contributed by atoms with Crippen molar-refractivity contribution in [2.45, 2.75) is 31.5 Å². The monoisotopic (exact) mass is 250 g/mol. The lowest BCUT2D eigenvalue weighted by atomic mass is 10.1. The summed E-state index contributed by atoms with van der Waals surface area (Å²) in [6.07, 6.45) is 1.17. The van der Waals surface area contributed by atoms with Crippen molar-refractivity contribution in [3.8, 4) is 0 Å². The Morgan fingerprint density at radius 2 is 2.06 bits per heavy atom. The van der Waals surface area contributed by atoms with Gasteiger partial charge in [-0.2, -0.15) is 11.8 Å². The van der Waals surface area contributed by atoms with Crippen LogP contribution in [0.25, 0.3) is 0 Å². The number of aliphatic hydroxyl groups excluding tert-OH is 1. The molecule has 7 heteroatoms. The summed E-state index contributed by atoms with van der Waals surface area (Å²) in [5.74, 6) is -1.12. The minimum absolute atomic E-state index is 0.328. The molecule has 0 aromatic carbocycles. The molecule has 0 rings (SSSR count). The van der Waals surface area contributed by atoms with E-state index in [4.69, 9.17) is 15.9 Å². The van der Waals surface area contributed by atoms with E-state index in [2.05, 4.69) is 5.32 Å². The number of nitrogens with two attached hydrogens (primary N) is 1. The number of carbonyl (C=O) groups is 2. The van der Waals surface area contributed by atoms with Gasteiger partial charge in [0, 0.05) is 0 Å². The smallest absolute Gasteiger partial charge is 0.326 e. The molecule has 0 aliphatic heterocycles. The van der Waals surface area contributed by atoms with Crippen molar-refractivity contribution in [1.82, 2.24) is 5.32 Å². The molecule has 0 aliphatic rings. The number of hydrogen-bond donors (Lipinski definition) is 4. The topological polar surface area (TPSA) is 113 Å². The molecule has 0 aliphatic carbocycles. The number of carbonyl (C=O) groups excluding carboxylic acids is 1. The van der Waals surface area contributed by atoms with Gasteiger partial charge in [-0.05, 0) is 25.4 Å². The van der Waals surface area contributed by atoms with Crippen molar-refractivity contribution in [2.75, 3.05) is 12.0 Å². The SMILES string of the molecule is CSCCC(NC(=O)C(N)C(C)O)C(=O)O. The van der Waals surface area contributed by atoms with E-state index < -0.39 is 30.1 Å². The van der Waals surface area contributed by atoms with Crippen LogP contribution >= 0.6 is 11.8 Å². The Kier molecular flexibility index (Phi) is 7.11. The zero-order valence-corrected chi connectivity index (χ0v) is 10.2. The van der Waals surface area contributed by atoms with Crippen LogP contribution in [0.5, 0.6) is 0 Å². The summed E-state index contributed by atoms with van der Waals surface area (Å²) in [6, 6.07) is -2.05. The number of carboxylic acid groups (broad SMARTS) is 1. The molecule has 94 valence electrons. The normalized spacial score (nSPS) is 16.2. The largest absolute Gasteiger partial charge is 0.480 e. The van der Waals surface area contributed by atoms with Crippen LogP contribution in [-0.4, -0.2) is 52.3 Å². The van der Waals surface area contributed by atoms with Crippen molar-refractivity contribution in [3.63, 3.8) is 0 Å². The molecule has 16 heavy (non-hydrogen) atoms. The number of carboxylic acids is 1. The second-order valence-corrected chi connectivity index (χ2v) is 4.43. The third-order valence-corrected chi connectivity index (χ3v) is 2.69. The maximum absolute atomic E-state index is 11.4. The molecule has 0 fully saturated rings. The van der Waals surface area contributed by atoms with E-state index in [1.807, 2.05) is 6.26 Å². The van der Waals surface area contributed by atoms with Gasteiger partial charge in [-0.15, -0.1) is 0 Å². The van der Waals surface area contributed by atoms with Crippen molar-refractivity contribution in [1.29, 1.82) is 0 Å². The fourth-order valence-electron chi connectivity index (χ4n) is 0.980. The molecule has 5 N–H and O–H groups in total. The molecule has 0 radical (unpaired) electrons. The maximum atomic E-state index is 11.4. The molecule has 3 atom stereocenters. The highest BCUT2D eigenvalue weighted by Crippen LogP contribution is 2.01. The van der Waals surface area contributed by atoms with Gasteiger partial charge in [-0.25, -0.2) is 4.79 Å². The third-order valence-electron chi connectivity index (χ3n) is 2.05. The maximum Gasteiger partial charge on any atom is 0.326 e. The van der Waals surface area contributed by atoms with Crippen molar-refractivity contribution < 1.29 is 19.8 Å². The van der Waals surface area contributed by atoms with Gasteiger partial charge in [-0.1, -0.05) is 0 Å². The Balaban J connectivity index is 4.28. The average Bonchev–Trinajstić information content (AvgIpc) is 2.21. The Labute approximate surface area is 98.6 Å². The number of amides is 1. The summed E-state index contributed by atoms with van der Waals surface area (Å²) < 4.78 is 0. The van der Waals surface area contributed by atoms with Crippen molar-refractivity contribution in [2.24, 2.45) is 5.73 Å². The van der Waals surface area contributed by atoms with Gasteiger partial charge in [0.2, 0.25) is 5.91 Å². The van der Waals surface area contributed by atoms with E-state index in [1.54, 1.807) is 0 Å². The molecule has 0 heterocycles. The van der Waals surface area contributed by atoms with E-state index >= 15 is 0 Å². The molecule has 0 saturated carbocycles. The first-order chi connectivity index (χ1) is 7.40. The number of aliphatic hydroxyl groups is 1. The lowest BCUT2D eigenvalue weighted by Gasteiger charge is -2.18. The van der Waals surface area contributed by atoms with Gasteiger partial charge in [0.15, 0.2) is 0 Å². The Morgan fingerprint density at radius 1 is 1.50 bits per heavy atom. The molecule has 0 aromatic rings. The predicted octanol–water partition coefficient (Wildman–Crippen LogP) is -0.983. The van der Waals surface area contributed by atoms with Crippen LogP contribution in [0.15, 0.2) is 0 Å². The summed E-state index contributed by atoms with van der Waals surface area (Å²) in [5, 5.41) is 20.2. The van der Waals surface area contributed by atoms with E-state index in [9.17, 15) is 9.59 Å². The Bertz CT molecular complexity index is 248. The first-order valence-electron chi connectivity index (χ1n) is 4.86. The van der Waals surface area contributed by atoms with E-state index in [0.29, 0.717) is 12.2 Å². The molecular weight excluding hydrogens is 232 g/mol. The minimum Gasteiger partial charge on any atom is -0.480 e. The van der Waals surface area contributed by atoms with Crippen LogP contribution in [0.3, 0.4) is 0 Å². The van der Waals surface area contributed by atoms with Crippen LogP contribution in [-0.2, 0) is 9.59 Å². The highest BCUT2D eigenvalue weighted by atomic mass is 32.2. The lowest BCUT2D eigenvalue weighted by Crippen LogP contribution is -2.52. The Hall–Kier alpha value is -0.790. The molecule has 0 bridgehead atoms. The average molecular weight is 250 g/mol. The predicted molar refractivity (Wildman–Crippen MR) is 62.2 cm³/mol. The van der Waals surface area contributed by atoms with Crippen LogP contribution in [0.2, 0.25) is 0 Å². The lowest BCUT2D eigenvalue weighted by molar-refractivity contribution is -0.142. The minimum atomic E-state index is -1.10. The van der Waals surface area contributed by atoms with E-state index in [0.717, 1.165) is 0 Å². The molecule has 6 nitrogen and oxygen atoms in total. The summed E-state index contributed by atoms with van der Waals surface area (Å²) in [7, 11) is 0. The molecule has 3 unspecified atom stereocenters. The fraction of sp³-hybridized carbons (Fsp3) is 0.778. The van der Waals surface area contributed by atoms with Crippen molar-refractivity contribution >= 4 is 23.6 Å². The van der Waals surface area contributed by atoms with E-state index in [-0.39, 0.29) is 0 Å². The summed E-state index contributed by atoms with van der Waals surface area (Å²) >= 11 is 1.49. The van der Waals surface area contributed by atoms with Crippen LogP contribution < -0.4 is 11.1 Å². The van der Waals surface area contributed by atoms with E-state index in [1.165, 1.54) is 18.7 Å². The van der Waals surface area contributed by atoms with Crippen LogP contribution in [0.1, 0.15) is 13.3 Å². The molecule has 0 saturated heterocycles. The number of nitrogens with one attached hydrogen (secondary N) is 1. The van der Waals surface area contributed by atoms with Gasteiger partial charge in [0.25, 0.3) is 0 Å². The molecule has 1 amide bonds. The molecule has 0 aromatic heterocycles. The van der Waals surface area contributed by atoms with Gasteiger partial charge in [0.05, 0.1) is 6.10 Å². The third kappa shape index (κ3) is 5.34. The number of aliphatic carboxylic acids is 1. The van der Waals surface area contributed by atoms with Crippen LogP contribution in [0.4, 0.5) is 0 Å². The molecular formula is C9H18N2O4S. The quantitative estimate of drug-likeness (QED) is 0.462. The van der Waals surface area contributed by atoms with Gasteiger partial charge >= 0.3 is 5.97 Å². The summed E-state index contributed by atoms with van der Waals surface area (Å²) in [5.41, 5.74) is 5.38. The Morgan fingerprint density at radius 3 is 2.44 bits per heavy atom. The standard InChI is InChI=1S/C9H18N2O4S/c1-5(12)7(10)8(13)11-6(9(14)15)3-4-16-2/h5-7,12H,3-4,10H2,1-2H3,(H,11,13)(H,14,15). The van der Waals surface area contributed by atoms with Gasteiger partial charge in [0.1, 0.15) is 12.1 Å². The summed E-state index contributed by atoms with van der Waals surface area (Å²) in [6.45, 7) is 1.38. The first kappa shape index (κ1) is 15.2. The summed E-state index contributed by atoms with van der Waals surface area (Å²) in [4.78, 5) is 22.2. The van der Waals surface area contributed by atoms with Crippen molar-refractivity contribution in [3.05, 3.63) is 0 Å². The zero-order valence-electron chi connectivity index (χ0n) is 9.34. The van der Waals surface area contributed by atoms with Gasteiger partial charge in [-0.3, -0.25) is 4.79 Å². The fourth-order valence-corrected chi connectivity index (χ4v) is 1.45. The second-order valence-electron chi connectivity index (χ2n) is 3.45. The highest BCUT2D eigenvalue weighted by Gasteiger charge is 2.25. The highest BCUT2D eigenvalue weighted by molar-refractivity contribution is 7.98. The zero-order chi connectivity index (χ0) is 12.7. The number of thioether (sulfide) groups is 1.